The van der Waals surface area contributed by atoms with Gasteiger partial charge in [-0.15, -0.1) is 0 Å². The van der Waals surface area contributed by atoms with Crippen molar-refractivity contribution in [3.05, 3.63) is 106 Å². The van der Waals surface area contributed by atoms with Gasteiger partial charge in [-0.3, -0.25) is 9.69 Å². The largest absolute Gasteiger partial charge is 0.342 e. The van der Waals surface area contributed by atoms with Crippen LogP contribution in [0.25, 0.3) is 17.0 Å². The standard InChI is InChI=1S/C26H19BrFN3OS/c1-29-24(25(32)31(26(29)33)21-5-3-2-4-6-21)13-18-16-30(15-17-7-10-20(28)11-8-17)23-12-9-19(27)14-22(18)23/h2-14,16H,15H2,1H3/b24-13-. The van der Waals surface area contributed by atoms with Crippen molar-refractivity contribution in [1.29, 1.82) is 0 Å². The van der Waals surface area contributed by atoms with Crippen LogP contribution in [0.15, 0.2) is 89.2 Å². The number of thiocarbonyl (C=S) groups is 1. The summed E-state index contributed by atoms with van der Waals surface area (Å²) in [5.74, 6) is -0.421. The quantitative estimate of drug-likeness (QED) is 0.237. The highest BCUT2D eigenvalue weighted by molar-refractivity contribution is 9.10. The highest BCUT2D eigenvalue weighted by Gasteiger charge is 2.36. The van der Waals surface area contributed by atoms with Gasteiger partial charge < -0.3 is 9.47 Å². The predicted octanol–water partition coefficient (Wildman–Crippen LogP) is 6.20. The third kappa shape index (κ3) is 3.98. The molecule has 4 aromatic rings. The van der Waals surface area contributed by atoms with E-state index in [0.717, 1.165) is 32.2 Å². The fourth-order valence-corrected chi connectivity index (χ4v) is 4.69. The summed E-state index contributed by atoms with van der Waals surface area (Å²) in [6.07, 6.45) is 3.90. The van der Waals surface area contributed by atoms with Gasteiger partial charge in [0.1, 0.15) is 11.5 Å². The molecule has 5 rings (SSSR count). The van der Waals surface area contributed by atoms with Crippen molar-refractivity contribution in [2.45, 2.75) is 6.54 Å². The maximum atomic E-state index is 13.3. The molecule has 1 fully saturated rings. The second-order valence-corrected chi connectivity index (χ2v) is 9.13. The lowest BCUT2D eigenvalue weighted by atomic mass is 10.1. The number of aromatic nitrogens is 1. The summed E-state index contributed by atoms with van der Waals surface area (Å²) >= 11 is 9.14. The van der Waals surface area contributed by atoms with Crippen LogP contribution in [0, 0.1) is 5.82 Å². The van der Waals surface area contributed by atoms with E-state index in [2.05, 4.69) is 20.5 Å². The smallest absolute Gasteiger partial charge is 0.281 e. The second-order valence-electron chi connectivity index (χ2n) is 7.85. The van der Waals surface area contributed by atoms with E-state index in [0.29, 0.717) is 17.4 Å². The highest BCUT2D eigenvalue weighted by atomic mass is 79.9. The summed E-state index contributed by atoms with van der Waals surface area (Å²) < 4.78 is 16.4. The van der Waals surface area contributed by atoms with E-state index in [1.807, 2.05) is 67.9 Å². The van der Waals surface area contributed by atoms with Crippen LogP contribution in [0.5, 0.6) is 0 Å². The third-order valence-corrected chi connectivity index (χ3v) is 6.66. The van der Waals surface area contributed by atoms with E-state index < -0.39 is 0 Å². The molecule has 1 amide bonds. The molecule has 0 atom stereocenters. The number of amides is 1. The number of anilines is 1. The number of likely N-dealkylation sites (N-methyl/N-ethyl adjacent to an activating group) is 1. The summed E-state index contributed by atoms with van der Waals surface area (Å²) in [5, 5.41) is 1.44. The van der Waals surface area contributed by atoms with Gasteiger partial charge in [0.05, 0.1) is 5.69 Å². The summed E-state index contributed by atoms with van der Waals surface area (Å²) in [7, 11) is 1.81. The van der Waals surface area contributed by atoms with E-state index in [1.54, 1.807) is 21.9 Å². The predicted molar refractivity (Wildman–Crippen MR) is 137 cm³/mol. The first kappa shape index (κ1) is 21.6. The molecule has 1 aromatic heterocycles. The maximum absolute atomic E-state index is 13.3. The molecule has 7 heteroatoms. The summed E-state index contributed by atoms with van der Waals surface area (Å²) in [5.41, 5.74) is 4.15. The monoisotopic (exact) mass is 519 g/mol. The van der Waals surface area contributed by atoms with Crippen LogP contribution in [0.3, 0.4) is 0 Å². The van der Waals surface area contributed by atoms with Gasteiger partial charge in [0.15, 0.2) is 5.11 Å². The van der Waals surface area contributed by atoms with E-state index in [-0.39, 0.29) is 11.7 Å². The van der Waals surface area contributed by atoms with Gasteiger partial charge >= 0.3 is 0 Å². The van der Waals surface area contributed by atoms with Crippen LogP contribution in [-0.4, -0.2) is 27.5 Å². The van der Waals surface area contributed by atoms with Gasteiger partial charge in [0, 0.05) is 40.7 Å². The number of benzene rings is 3. The fourth-order valence-electron chi connectivity index (χ4n) is 4.04. The molecule has 0 bridgehead atoms. The molecule has 0 aliphatic carbocycles. The average molecular weight is 520 g/mol. The molecule has 1 aliphatic heterocycles. The van der Waals surface area contributed by atoms with Gasteiger partial charge in [0.2, 0.25) is 0 Å². The van der Waals surface area contributed by atoms with Crippen molar-refractivity contribution < 1.29 is 9.18 Å². The summed E-state index contributed by atoms with van der Waals surface area (Å²) in [4.78, 5) is 16.6. The molecule has 164 valence electrons. The lowest BCUT2D eigenvalue weighted by molar-refractivity contribution is -0.114. The van der Waals surface area contributed by atoms with Gasteiger partial charge in [0.25, 0.3) is 5.91 Å². The second kappa shape index (κ2) is 8.57. The van der Waals surface area contributed by atoms with Crippen molar-refractivity contribution >= 4 is 61.8 Å². The highest BCUT2D eigenvalue weighted by Crippen LogP contribution is 2.32. The Bertz CT molecular complexity index is 1410. The molecule has 1 aliphatic rings. The number of rotatable bonds is 4. The zero-order chi connectivity index (χ0) is 23.1. The normalized spacial score (nSPS) is 15.3. The van der Waals surface area contributed by atoms with Crippen molar-refractivity contribution in [3.8, 4) is 0 Å². The lowest BCUT2D eigenvalue weighted by Crippen LogP contribution is -2.30. The lowest BCUT2D eigenvalue weighted by Gasteiger charge is -2.16. The molecule has 4 nitrogen and oxygen atoms in total. The van der Waals surface area contributed by atoms with Crippen LogP contribution in [0.1, 0.15) is 11.1 Å². The number of para-hydroxylation sites is 1. The molecule has 0 unspecified atom stereocenters. The Labute approximate surface area is 204 Å². The van der Waals surface area contributed by atoms with E-state index in [1.165, 1.54) is 12.1 Å². The molecule has 0 radical (unpaired) electrons. The maximum Gasteiger partial charge on any atom is 0.281 e. The summed E-state index contributed by atoms with van der Waals surface area (Å²) in [6, 6.07) is 22.0. The minimum Gasteiger partial charge on any atom is -0.342 e. The minimum absolute atomic E-state index is 0.164. The van der Waals surface area contributed by atoms with Gasteiger partial charge in [-0.1, -0.05) is 46.3 Å². The van der Waals surface area contributed by atoms with Crippen molar-refractivity contribution in [3.63, 3.8) is 0 Å². The van der Waals surface area contributed by atoms with Gasteiger partial charge in [-0.25, -0.2) is 4.39 Å². The van der Waals surface area contributed by atoms with E-state index in [4.69, 9.17) is 12.2 Å². The number of fused-ring (bicyclic) bond motifs is 1. The average Bonchev–Trinajstić information content (AvgIpc) is 3.25. The Morgan fingerprint density at radius 2 is 1.76 bits per heavy atom. The number of nitrogens with zero attached hydrogens (tertiary/aromatic N) is 3. The third-order valence-electron chi connectivity index (χ3n) is 5.71. The molecule has 0 spiro atoms. The van der Waals surface area contributed by atoms with Gasteiger partial charge in [-0.05, 0) is 66.3 Å². The van der Waals surface area contributed by atoms with Crippen LogP contribution in [-0.2, 0) is 11.3 Å². The number of carbonyl (C=O) groups is 1. The molecular weight excluding hydrogens is 501 g/mol. The zero-order valence-corrected chi connectivity index (χ0v) is 20.1. The molecule has 33 heavy (non-hydrogen) atoms. The first-order valence-corrected chi connectivity index (χ1v) is 11.5. The summed E-state index contributed by atoms with van der Waals surface area (Å²) in [6.45, 7) is 0.583. The van der Waals surface area contributed by atoms with Crippen LogP contribution in [0.4, 0.5) is 10.1 Å². The van der Waals surface area contributed by atoms with Crippen molar-refractivity contribution in [2.24, 2.45) is 0 Å². The molecule has 2 heterocycles. The molecule has 1 saturated heterocycles. The SMILES string of the molecule is CN1C(=S)N(c2ccccc2)C(=O)/C1=C/c1cn(Cc2ccc(F)cc2)c2ccc(Br)cc12. The molecular formula is C26H19BrFN3OS. The number of hydrogen-bond donors (Lipinski definition) is 0. The molecule has 0 N–H and O–H groups in total. The van der Waals surface area contributed by atoms with Crippen LogP contribution >= 0.6 is 28.1 Å². The minimum atomic E-state index is -0.257. The molecule has 0 saturated carbocycles. The van der Waals surface area contributed by atoms with Gasteiger partial charge in [-0.2, -0.15) is 0 Å². The van der Waals surface area contributed by atoms with Crippen LogP contribution < -0.4 is 4.90 Å². The number of hydrogen-bond acceptors (Lipinski definition) is 2. The Balaban J connectivity index is 1.58. The van der Waals surface area contributed by atoms with E-state index >= 15 is 0 Å². The van der Waals surface area contributed by atoms with Crippen molar-refractivity contribution in [2.75, 3.05) is 11.9 Å². The Morgan fingerprint density at radius 3 is 2.48 bits per heavy atom. The van der Waals surface area contributed by atoms with Crippen LogP contribution in [0.2, 0.25) is 0 Å². The number of carbonyl (C=O) groups excluding carboxylic acids is 1. The Hall–Kier alpha value is -3.29. The molecule has 3 aromatic carbocycles. The first-order valence-electron chi connectivity index (χ1n) is 10.3. The van der Waals surface area contributed by atoms with E-state index in [9.17, 15) is 9.18 Å². The first-order chi connectivity index (χ1) is 15.9. The van der Waals surface area contributed by atoms with Crippen molar-refractivity contribution in [1.82, 2.24) is 9.47 Å². The zero-order valence-electron chi connectivity index (χ0n) is 17.7. The Kier molecular flexibility index (Phi) is 5.60. The Morgan fingerprint density at radius 1 is 1.03 bits per heavy atom. The topological polar surface area (TPSA) is 28.5 Å². The number of halogens is 2. The fraction of sp³-hybridized carbons (Fsp3) is 0.0769.